The number of aliphatic hydroxyl groups is 1. The van der Waals surface area contributed by atoms with E-state index in [0.29, 0.717) is 19.1 Å². The van der Waals surface area contributed by atoms with Crippen LogP contribution in [0.4, 0.5) is 0 Å². The molecule has 0 saturated carbocycles. The molecule has 0 amide bonds. The molecule has 0 fully saturated rings. The predicted molar refractivity (Wildman–Crippen MR) is 79.2 cm³/mol. The van der Waals surface area contributed by atoms with Gasteiger partial charge in [-0.05, 0) is 38.3 Å². The van der Waals surface area contributed by atoms with Gasteiger partial charge in [0.2, 0.25) is 0 Å². The number of fused-ring (bicyclic) bond motifs is 1. The van der Waals surface area contributed by atoms with Crippen molar-refractivity contribution in [1.82, 2.24) is 5.32 Å². The number of hydrogen-bond donors (Lipinski definition) is 2. The van der Waals surface area contributed by atoms with Crippen molar-refractivity contribution in [2.24, 2.45) is 0 Å². The largest absolute Gasteiger partial charge is 0.493 e. The van der Waals surface area contributed by atoms with Gasteiger partial charge in [0.1, 0.15) is 5.75 Å². The topological polar surface area (TPSA) is 50.7 Å². The van der Waals surface area contributed by atoms with Gasteiger partial charge in [-0.2, -0.15) is 0 Å². The quantitative estimate of drug-likeness (QED) is 0.838. The highest BCUT2D eigenvalue weighted by molar-refractivity contribution is 5.43. The van der Waals surface area contributed by atoms with E-state index in [1.54, 1.807) is 7.11 Å². The van der Waals surface area contributed by atoms with E-state index in [9.17, 15) is 5.11 Å². The number of para-hydroxylation sites is 1. The first kappa shape index (κ1) is 15.3. The van der Waals surface area contributed by atoms with E-state index in [4.69, 9.17) is 9.47 Å². The Morgan fingerprint density at radius 2 is 2.35 bits per heavy atom. The third kappa shape index (κ3) is 3.95. The Morgan fingerprint density at radius 1 is 1.50 bits per heavy atom. The number of aryl methyl sites for hydroxylation is 1. The lowest BCUT2D eigenvalue weighted by Gasteiger charge is -2.20. The Balaban J connectivity index is 1.97. The highest BCUT2D eigenvalue weighted by Gasteiger charge is 2.20. The molecule has 112 valence electrons. The Labute approximate surface area is 121 Å². The van der Waals surface area contributed by atoms with Gasteiger partial charge in [-0.25, -0.2) is 0 Å². The number of methoxy groups -OCH3 is 1. The summed E-state index contributed by atoms with van der Waals surface area (Å²) in [4.78, 5) is 0. The zero-order valence-electron chi connectivity index (χ0n) is 12.4. The van der Waals surface area contributed by atoms with Crippen LogP contribution in [0.25, 0.3) is 0 Å². The van der Waals surface area contributed by atoms with Crippen LogP contribution in [0.15, 0.2) is 18.2 Å². The monoisotopic (exact) mass is 279 g/mol. The Kier molecular flexibility index (Phi) is 5.83. The van der Waals surface area contributed by atoms with Crippen molar-refractivity contribution >= 4 is 0 Å². The van der Waals surface area contributed by atoms with Crippen molar-refractivity contribution in [3.8, 4) is 5.75 Å². The number of benzene rings is 1. The number of aliphatic hydroxyl groups excluding tert-OH is 1. The number of hydrogen-bond acceptors (Lipinski definition) is 4. The van der Waals surface area contributed by atoms with Gasteiger partial charge in [0.25, 0.3) is 0 Å². The van der Waals surface area contributed by atoms with Crippen molar-refractivity contribution in [3.63, 3.8) is 0 Å². The Bertz CT molecular complexity index is 422. The molecular weight excluding hydrogens is 254 g/mol. The van der Waals surface area contributed by atoms with Gasteiger partial charge < -0.3 is 19.9 Å². The molecule has 0 aliphatic carbocycles. The maximum atomic E-state index is 9.68. The molecule has 1 aromatic carbocycles. The second-order valence-electron chi connectivity index (χ2n) is 5.39. The first-order chi connectivity index (χ1) is 9.72. The molecule has 1 heterocycles. The molecule has 2 N–H and O–H groups in total. The molecule has 1 aliphatic heterocycles. The van der Waals surface area contributed by atoms with Crippen molar-refractivity contribution in [2.45, 2.75) is 38.3 Å². The second-order valence-corrected chi connectivity index (χ2v) is 5.39. The van der Waals surface area contributed by atoms with Crippen LogP contribution in [-0.4, -0.2) is 38.1 Å². The van der Waals surface area contributed by atoms with Crippen LogP contribution < -0.4 is 10.1 Å². The molecule has 0 radical (unpaired) electrons. The molecule has 4 nitrogen and oxygen atoms in total. The maximum absolute atomic E-state index is 9.68. The molecule has 1 aliphatic rings. The SMILES string of the molecule is COCC(O)CCNC1CCCOc2c(C)cccc21. The molecule has 4 heteroatoms. The van der Waals surface area contributed by atoms with Crippen molar-refractivity contribution in [1.29, 1.82) is 0 Å². The van der Waals surface area contributed by atoms with Crippen molar-refractivity contribution < 1.29 is 14.6 Å². The zero-order valence-corrected chi connectivity index (χ0v) is 12.4. The third-order valence-electron chi connectivity index (χ3n) is 3.73. The molecule has 2 unspecified atom stereocenters. The fraction of sp³-hybridized carbons (Fsp3) is 0.625. The van der Waals surface area contributed by atoms with Gasteiger partial charge >= 0.3 is 0 Å². The summed E-state index contributed by atoms with van der Waals surface area (Å²) in [5, 5.41) is 13.2. The van der Waals surface area contributed by atoms with Crippen molar-refractivity contribution in [3.05, 3.63) is 29.3 Å². The van der Waals surface area contributed by atoms with E-state index in [2.05, 4.69) is 30.4 Å². The van der Waals surface area contributed by atoms with Gasteiger partial charge in [0, 0.05) is 18.7 Å². The molecule has 2 rings (SSSR count). The van der Waals surface area contributed by atoms with Crippen LogP contribution in [-0.2, 0) is 4.74 Å². The number of rotatable bonds is 6. The Hall–Kier alpha value is -1.10. The van der Waals surface area contributed by atoms with E-state index in [1.807, 2.05) is 0 Å². The molecular formula is C16H25NO3. The van der Waals surface area contributed by atoms with Crippen LogP contribution in [0.2, 0.25) is 0 Å². The van der Waals surface area contributed by atoms with E-state index in [-0.39, 0.29) is 0 Å². The highest BCUT2D eigenvalue weighted by Crippen LogP contribution is 2.33. The summed E-state index contributed by atoms with van der Waals surface area (Å²) in [5.74, 6) is 1.03. The molecule has 1 aromatic rings. The van der Waals surface area contributed by atoms with E-state index in [1.165, 1.54) is 11.1 Å². The molecule has 0 bridgehead atoms. The van der Waals surface area contributed by atoms with Gasteiger partial charge in [0.05, 0.1) is 19.3 Å². The minimum Gasteiger partial charge on any atom is -0.493 e. The van der Waals surface area contributed by atoms with E-state index in [0.717, 1.165) is 31.7 Å². The lowest BCUT2D eigenvalue weighted by Crippen LogP contribution is -2.26. The lowest BCUT2D eigenvalue weighted by molar-refractivity contribution is 0.0589. The van der Waals surface area contributed by atoms with Crippen LogP contribution in [0.1, 0.15) is 36.4 Å². The molecule has 0 saturated heterocycles. The second kappa shape index (κ2) is 7.62. The minimum atomic E-state index is -0.397. The normalized spacial score (nSPS) is 19.9. The fourth-order valence-electron chi connectivity index (χ4n) is 2.68. The summed E-state index contributed by atoms with van der Waals surface area (Å²) in [7, 11) is 1.61. The summed E-state index contributed by atoms with van der Waals surface area (Å²) in [5.41, 5.74) is 2.43. The predicted octanol–water partition coefficient (Wildman–Crippen LogP) is 2.20. The van der Waals surface area contributed by atoms with Gasteiger partial charge in [-0.3, -0.25) is 0 Å². The van der Waals surface area contributed by atoms with Gasteiger partial charge in [-0.1, -0.05) is 18.2 Å². The summed E-state index contributed by atoms with van der Waals surface area (Å²) >= 11 is 0. The first-order valence-corrected chi connectivity index (χ1v) is 7.35. The van der Waals surface area contributed by atoms with Crippen LogP contribution in [0, 0.1) is 6.92 Å². The van der Waals surface area contributed by atoms with Gasteiger partial charge in [0.15, 0.2) is 0 Å². The lowest BCUT2D eigenvalue weighted by atomic mass is 9.99. The van der Waals surface area contributed by atoms with E-state index >= 15 is 0 Å². The molecule has 2 atom stereocenters. The maximum Gasteiger partial charge on any atom is 0.126 e. The third-order valence-corrected chi connectivity index (χ3v) is 3.73. The molecule has 0 aromatic heterocycles. The number of ether oxygens (including phenoxy) is 2. The average molecular weight is 279 g/mol. The summed E-state index contributed by atoms with van der Waals surface area (Å²) < 4.78 is 10.8. The van der Waals surface area contributed by atoms with Gasteiger partial charge in [-0.15, -0.1) is 0 Å². The molecule has 0 spiro atoms. The molecule has 20 heavy (non-hydrogen) atoms. The Morgan fingerprint density at radius 3 is 3.15 bits per heavy atom. The first-order valence-electron chi connectivity index (χ1n) is 7.35. The minimum absolute atomic E-state index is 0.308. The van der Waals surface area contributed by atoms with Crippen molar-refractivity contribution in [2.75, 3.05) is 26.9 Å². The van der Waals surface area contributed by atoms with Crippen LogP contribution in [0.5, 0.6) is 5.75 Å². The highest BCUT2D eigenvalue weighted by atomic mass is 16.5. The smallest absolute Gasteiger partial charge is 0.126 e. The summed E-state index contributed by atoms with van der Waals surface area (Å²) in [6.07, 6.45) is 2.42. The van der Waals surface area contributed by atoms with Crippen LogP contribution >= 0.6 is 0 Å². The number of nitrogens with one attached hydrogen (secondary N) is 1. The van der Waals surface area contributed by atoms with Crippen LogP contribution in [0.3, 0.4) is 0 Å². The zero-order chi connectivity index (χ0) is 14.4. The average Bonchev–Trinajstić information content (AvgIpc) is 2.63. The summed E-state index contributed by atoms with van der Waals surface area (Å²) in [6.45, 7) is 4.04. The standard InChI is InChI=1S/C16H25NO3/c1-12-5-3-6-14-15(7-4-10-20-16(12)14)17-9-8-13(18)11-19-2/h3,5-6,13,15,17-18H,4,7-11H2,1-2H3. The fourth-order valence-corrected chi connectivity index (χ4v) is 2.68. The summed E-state index contributed by atoms with van der Waals surface area (Å²) in [6, 6.07) is 6.61. The van der Waals surface area contributed by atoms with E-state index < -0.39 is 6.10 Å².